The number of hydrogen-bond donors (Lipinski definition) is 3. The number of rotatable bonds is 7. The average Bonchev–Trinajstić information content (AvgIpc) is 3.12. The molecule has 1 atom stereocenters. The fraction of sp³-hybridized carbons (Fsp3) is 0.750. The lowest BCUT2D eigenvalue weighted by molar-refractivity contribution is -0.145. The SMILES string of the molecule is CCOC(=O)CCNC(=O)NC(C)(C(=O)O)C1CC1. The Bertz CT molecular complexity index is 367. The minimum Gasteiger partial charge on any atom is -0.480 e. The van der Waals surface area contributed by atoms with Crippen molar-refractivity contribution in [3.8, 4) is 0 Å². The summed E-state index contributed by atoms with van der Waals surface area (Å²) in [4.78, 5) is 33.8. The van der Waals surface area contributed by atoms with Gasteiger partial charge in [0.2, 0.25) is 0 Å². The van der Waals surface area contributed by atoms with Crippen LogP contribution in [0.25, 0.3) is 0 Å². The van der Waals surface area contributed by atoms with Gasteiger partial charge in [0.05, 0.1) is 13.0 Å². The van der Waals surface area contributed by atoms with E-state index in [1.807, 2.05) is 0 Å². The van der Waals surface area contributed by atoms with E-state index in [2.05, 4.69) is 10.6 Å². The smallest absolute Gasteiger partial charge is 0.329 e. The van der Waals surface area contributed by atoms with E-state index in [1.165, 1.54) is 6.92 Å². The van der Waals surface area contributed by atoms with Gasteiger partial charge in [0.1, 0.15) is 5.54 Å². The van der Waals surface area contributed by atoms with Crippen LogP contribution in [0.4, 0.5) is 4.79 Å². The maximum Gasteiger partial charge on any atom is 0.329 e. The fourth-order valence-corrected chi connectivity index (χ4v) is 1.78. The quantitative estimate of drug-likeness (QED) is 0.585. The van der Waals surface area contributed by atoms with Crippen molar-refractivity contribution in [2.45, 2.75) is 38.6 Å². The predicted molar refractivity (Wildman–Crippen MR) is 66.5 cm³/mol. The van der Waals surface area contributed by atoms with Crippen LogP contribution in [0, 0.1) is 5.92 Å². The molecule has 1 aliphatic rings. The molecule has 0 spiro atoms. The zero-order valence-electron chi connectivity index (χ0n) is 11.2. The van der Waals surface area contributed by atoms with E-state index >= 15 is 0 Å². The molecule has 7 heteroatoms. The summed E-state index contributed by atoms with van der Waals surface area (Å²) in [6, 6.07) is -0.582. The number of amides is 2. The number of nitrogens with one attached hydrogen (secondary N) is 2. The molecule has 108 valence electrons. The summed E-state index contributed by atoms with van der Waals surface area (Å²) in [6.45, 7) is 3.61. The number of carboxylic acids is 1. The molecule has 0 aliphatic heterocycles. The molecule has 0 radical (unpaired) electrons. The lowest BCUT2D eigenvalue weighted by Crippen LogP contribution is -2.56. The number of carbonyl (C=O) groups is 3. The van der Waals surface area contributed by atoms with Crippen molar-refractivity contribution in [3.63, 3.8) is 0 Å². The third-order valence-corrected chi connectivity index (χ3v) is 3.13. The van der Waals surface area contributed by atoms with E-state index in [1.54, 1.807) is 6.92 Å². The molecule has 1 unspecified atom stereocenters. The first-order valence-corrected chi connectivity index (χ1v) is 6.35. The molecule has 0 aromatic carbocycles. The summed E-state index contributed by atoms with van der Waals surface area (Å²) in [5, 5.41) is 14.1. The van der Waals surface area contributed by atoms with E-state index in [-0.39, 0.29) is 18.9 Å². The predicted octanol–water partition coefficient (Wildman–Crippen LogP) is 0.492. The largest absolute Gasteiger partial charge is 0.480 e. The number of carboxylic acid groups (broad SMARTS) is 1. The molecule has 0 heterocycles. The van der Waals surface area contributed by atoms with Crippen molar-refractivity contribution in [1.29, 1.82) is 0 Å². The number of carbonyl (C=O) groups excluding carboxylic acids is 2. The van der Waals surface area contributed by atoms with Crippen LogP contribution in [0.2, 0.25) is 0 Å². The molecule has 2 amide bonds. The molecule has 0 aromatic heterocycles. The maximum absolute atomic E-state index is 11.6. The van der Waals surface area contributed by atoms with Gasteiger partial charge in [-0.2, -0.15) is 0 Å². The van der Waals surface area contributed by atoms with Gasteiger partial charge < -0.3 is 20.5 Å². The summed E-state index contributed by atoms with van der Waals surface area (Å²) in [6.07, 6.45) is 1.66. The van der Waals surface area contributed by atoms with Crippen LogP contribution in [0.1, 0.15) is 33.1 Å². The Morgan fingerprint density at radius 3 is 2.47 bits per heavy atom. The van der Waals surface area contributed by atoms with E-state index in [0.29, 0.717) is 6.61 Å². The Balaban J connectivity index is 2.34. The second-order valence-corrected chi connectivity index (χ2v) is 4.72. The van der Waals surface area contributed by atoms with Crippen molar-refractivity contribution in [2.24, 2.45) is 5.92 Å². The van der Waals surface area contributed by atoms with Gasteiger partial charge in [-0.15, -0.1) is 0 Å². The molecular formula is C12H20N2O5. The zero-order valence-corrected chi connectivity index (χ0v) is 11.2. The molecule has 1 aliphatic carbocycles. The number of aliphatic carboxylic acids is 1. The van der Waals surface area contributed by atoms with Crippen molar-refractivity contribution in [2.75, 3.05) is 13.2 Å². The van der Waals surface area contributed by atoms with Crippen LogP contribution in [-0.4, -0.2) is 41.8 Å². The Hall–Kier alpha value is -1.79. The molecule has 0 bridgehead atoms. The van der Waals surface area contributed by atoms with E-state index < -0.39 is 23.5 Å². The monoisotopic (exact) mass is 272 g/mol. The standard InChI is InChI=1S/C12H20N2O5/c1-3-19-9(15)6-7-13-11(18)14-12(2,10(16)17)8-4-5-8/h8H,3-7H2,1-2H3,(H,16,17)(H2,13,14,18). The Labute approximate surface area is 111 Å². The minimum atomic E-state index is -1.24. The van der Waals surface area contributed by atoms with E-state index in [0.717, 1.165) is 12.8 Å². The highest BCUT2D eigenvalue weighted by atomic mass is 16.5. The van der Waals surface area contributed by atoms with Crippen molar-refractivity contribution in [1.82, 2.24) is 10.6 Å². The van der Waals surface area contributed by atoms with Crippen LogP contribution in [0.3, 0.4) is 0 Å². The zero-order chi connectivity index (χ0) is 14.5. The summed E-state index contributed by atoms with van der Waals surface area (Å²) < 4.78 is 4.71. The van der Waals surface area contributed by atoms with Gasteiger partial charge in [0.15, 0.2) is 0 Å². The number of urea groups is 1. The molecule has 0 aromatic rings. The lowest BCUT2D eigenvalue weighted by atomic mass is 9.96. The van der Waals surface area contributed by atoms with Crippen molar-refractivity contribution < 1.29 is 24.2 Å². The van der Waals surface area contributed by atoms with Crippen molar-refractivity contribution in [3.05, 3.63) is 0 Å². The first kappa shape index (κ1) is 15.3. The van der Waals surface area contributed by atoms with Gasteiger partial charge in [-0.25, -0.2) is 9.59 Å². The molecule has 7 nitrogen and oxygen atoms in total. The Morgan fingerprint density at radius 1 is 1.37 bits per heavy atom. The topological polar surface area (TPSA) is 105 Å². The minimum absolute atomic E-state index is 0.0270. The van der Waals surface area contributed by atoms with E-state index in [4.69, 9.17) is 9.84 Å². The lowest BCUT2D eigenvalue weighted by Gasteiger charge is -2.26. The Morgan fingerprint density at radius 2 is 2.00 bits per heavy atom. The highest BCUT2D eigenvalue weighted by Crippen LogP contribution is 2.39. The van der Waals surface area contributed by atoms with Crippen LogP contribution in [0.15, 0.2) is 0 Å². The summed E-state index contributed by atoms with van der Waals surface area (Å²) in [5.41, 5.74) is -1.24. The number of ether oxygens (including phenoxy) is 1. The fourth-order valence-electron chi connectivity index (χ4n) is 1.78. The molecule has 1 saturated carbocycles. The summed E-state index contributed by atoms with van der Waals surface area (Å²) in [7, 11) is 0. The first-order valence-electron chi connectivity index (χ1n) is 6.35. The Kier molecular flexibility index (Phi) is 5.14. The molecule has 19 heavy (non-hydrogen) atoms. The number of esters is 1. The highest BCUT2D eigenvalue weighted by Gasteiger charge is 2.48. The summed E-state index contributed by atoms with van der Waals surface area (Å²) in [5.74, 6) is -1.47. The van der Waals surface area contributed by atoms with Crippen LogP contribution >= 0.6 is 0 Å². The van der Waals surface area contributed by atoms with Crippen LogP contribution < -0.4 is 10.6 Å². The average molecular weight is 272 g/mol. The van der Waals surface area contributed by atoms with Crippen molar-refractivity contribution >= 4 is 18.0 Å². The van der Waals surface area contributed by atoms with Crippen LogP contribution in [0.5, 0.6) is 0 Å². The van der Waals surface area contributed by atoms with E-state index in [9.17, 15) is 14.4 Å². The van der Waals surface area contributed by atoms with Gasteiger partial charge in [0, 0.05) is 6.54 Å². The van der Waals surface area contributed by atoms with Gasteiger partial charge >= 0.3 is 18.0 Å². The molecule has 3 N–H and O–H groups in total. The van der Waals surface area contributed by atoms with Gasteiger partial charge in [0.25, 0.3) is 0 Å². The maximum atomic E-state index is 11.6. The first-order chi connectivity index (χ1) is 8.90. The number of hydrogen-bond acceptors (Lipinski definition) is 4. The molecular weight excluding hydrogens is 252 g/mol. The van der Waals surface area contributed by atoms with Crippen LogP contribution in [-0.2, 0) is 14.3 Å². The second-order valence-electron chi connectivity index (χ2n) is 4.72. The third-order valence-electron chi connectivity index (χ3n) is 3.13. The third kappa shape index (κ3) is 4.42. The second kappa shape index (κ2) is 6.40. The molecule has 1 rings (SSSR count). The van der Waals surface area contributed by atoms with Gasteiger partial charge in [-0.05, 0) is 32.6 Å². The molecule has 1 fully saturated rings. The van der Waals surface area contributed by atoms with Gasteiger partial charge in [-0.1, -0.05) is 0 Å². The normalized spacial score (nSPS) is 17.2. The summed E-state index contributed by atoms with van der Waals surface area (Å²) >= 11 is 0. The van der Waals surface area contributed by atoms with Gasteiger partial charge in [-0.3, -0.25) is 4.79 Å². The highest BCUT2D eigenvalue weighted by molar-refractivity contribution is 5.86. The molecule has 0 saturated heterocycles.